The van der Waals surface area contributed by atoms with Crippen molar-refractivity contribution in [1.82, 2.24) is 14.8 Å². The van der Waals surface area contributed by atoms with Crippen molar-refractivity contribution < 1.29 is 23.5 Å². The zero-order valence-electron chi connectivity index (χ0n) is 22.1. The topological polar surface area (TPSA) is 78.5 Å². The Morgan fingerprint density at radius 2 is 2.03 bits per heavy atom. The Morgan fingerprint density at radius 1 is 1.32 bits per heavy atom. The first-order valence-electron chi connectivity index (χ1n) is 12.4. The van der Waals surface area contributed by atoms with E-state index >= 15 is 4.39 Å². The molecule has 0 radical (unpaired) electrons. The molecule has 0 spiro atoms. The molecule has 1 aromatic carbocycles. The van der Waals surface area contributed by atoms with Gasteiger partial charge in [-0.2, -0.15) is 0 Å². The number of hydrogen-bond acceptors (Lipinski definition) is 8. The van der Waals surface area contributed by atoms with Crippen molar-refractivity contribution >= 4 is 61.8 Å². The monoisotopic (exact) mass is 609 g/mol. The predicted octanol–water partition coefficient (Wildman–Crippen LogP) is 4.46. The van der Waals surface area contributed by atoms with Gasteiger partial charge < -0.3 is 29.1 Å². The minimum Gasteiger partial charge on any atom is -0.470 e. The number of amides is 1. The molecule has 0 N–H and O–H groups in total. The summed E-state index contributed by atoms with van der Waals surface area (Å²) in [6.07, 6.45) is -0.792. The Bertz CT molecular complexity index is 1380. The molecule has 0 bridgehead atoms. The molecule has 0 aliphatic carbocycles. The minimum atomic E-state index is -0.668. The molecule has 38 heavy (non-hydrogen) atoms. The summed E-state index contributed by atoms with van der Waals surface area (Å²) in [6, 6.07) is 0.876. The fourth-order valence-electron chi connectivity index (χ4n) is 5.42. The number of anilines is 2. The minimum absolute atomic E-state index is 0.111. The van der Waals surface area contributed by atoms with Crippen LogP contribution in [0.5, 0.6) is 5.88 Å². The van der Waals surface area contributed by atoms with Gasteiger partial charge in [0.25, 0.3) is 0 Å². The van der Waals surface area contributed by atoms with Crippen molar-refractivity contribution in [3.8, 4) is 5.88 Å². The first kappa shape index (κ1) is 27.0. The number of hydrogen-bond donors (Lipinski definition) is 0. The van der Waals surface area contributed by atoms with Gasteiger partial charge in [-0.05, 0) is 63.8 Å². The second-order valence-electron chi connectivity index (χ2n) is 11.2. The highest BCUT2D eigenvalue weighted by Gasteiger charge is 2.48. The molecule has 1 fully saturated rings. The van der Waals surface area contributed by atoms with Crippen LogP contribution in [-0.4, -0.2) is 90.9 Å². The lowest BCUT2D eigenvalue weighted by atomic mass is 9.95. The van der Waals surface area contributed by atoms with Crippen LogP contribution in [0, 0.1) is 5.82 Å². The Morgan fingerprint density at radius 3 is 2.66 bits per heavy atom. The number of benzene rings is 1. The summed E-state index contributed by atoms with van der Waals surface area (Å²) in [5.41, 5.74) is 1.06. The number of aromatic nitrogens is 1. The van der Waals surface area contributed by atoms with Gasteiger partial charge in [-0.15, -0.1) is 0 Å². The van der Waals surface area contributed by atoms with Crippen molar-refractivity contribution in [2.45, 2.75) is 51.5 Å². The van der Waals surface area contributed by atoms with Crippen molar-refractivity contribution in [3.05, 3.63) is 27.1 Å². The third-order valence-corrected chi connectivity index (χ3v) is 8.20. The van der Waals surface area contributed by atoms with Gasteiger partial charge in [0.05, 0.1) is 34.3 Å². The number of pyridine rings is 1. The van der Waals surface area contributed by atoms with E-state index in [-0.39, 0.29) is 39.6 Å². The van der Waals surface area contributed by atoms with E-state index in [0.717, 1.165) is 0 Å². The van der Waals surface area contributed by atoms with E-state index in [1.807, 2.05) is 56.5 Å². The molecular formula is C26H30BrClFN5O4. The van der Waals surface area contributed by atoms with E-state index in [2.05, 4.69) is 26.9 Å². The van der Waals surface area contributed by atoms with Crippen LogP contribution >= 0.6 is 27.5 Å². The van der Waals surface area contributed by atoms with E-state index in [9.17, 15) is 9.59 Å². The first-order valence-corrected chi connectivity index (χ1v) is 13.6. The zero-order valence-corrected chi connectivity index (χ0v) is 24.5. The number of likely N-dealkylation sites (N-methyl/N-ethyl adjacent to an activating group) is 1. The first-order chi connectivity index (χ1) is 17.8. The Balaban J connectivity index is 1.71. The van der Waals surface area contributed by atoms with Gasteiger partial charge in [-0.3, -0.25) is 0 Å². The quantitative estimate of drug-likeness (QED) is 0.365. The molecule has 0 unspecified atom stereocenters. The maximum absolute atomic E-state index is 15.5. The number of ether oxygens (including phenoxy) is 2. The van der Waals surface area contributed by atoms with E-state index in [4.69, 9.17) is 21.1 Å². The van der Waals surface area contributed by atoms with Gasteiger partial charge in [0.1, 0.15) is 34.5 Å². The number of nitrogens with zero attached hydrogens (tertiary/aromatic N) is 5. The van der Waals surface area contributed by atoms with Crippen LogP contribution in [0.2, 0.25) is 5.02 Å². The molecule has 5 rings (SSSR count). The highest BCUT2D eigenvalue weighted by molar-refractivity contribution is 9.10. The standard InChI is InChI=1S/C26H30BrClFN5O4/c1-13-8-33-17(11-32(13)25(36)38-26(2,3)4)18(12-35)34-10-14(9-31(5)6)37-24-23(34)22(33)15-7-16(28)19(27)20(29)21(15)30-24/h7,13-14,17H,8-11H2,1-6H3/t13-,14-,17-/m1/s1. The molecule has 1 saturated heterocycles. The van der Waals surface area contributed by atoms with Gasteiger partial charge in [0, 0.05) is 24.5 Å². The molecule has 4 heterocycles. The summed E-state index contributed by atoms with van der Waals surface area (Å²) in [7, 11) is 3.85. The van der Waals surface area contributed by atoms with E-state index in [0.29, 0.717) is 42.1 Å². The summed E-state index contributed by atoms with van der Waals surface area (Å²) in [5, 5.41) is 0.706. The van der Waals surface area contributed by atoms with Crippen LogP contribution in [0.1, 0.15) is 27.7 Å². The van der Waals surface area contributed by atoms with Crippen molar-refractivity contribution in [2.75, 3.05) is 50.1 Å². The van der Waals surface area contributed by atoms with E-state index in [1.165, 1.54) is 0 Å². The third-order valence-electron chi connectivity index (χ3n) is 6.90. The Labute approximate surface area is 234 Å². The lowest BCUT2D eigenvalue weighted by molar-refractivity contribution is 0.0133. The van der Waals surface area contributed by atoms with Gasteiger partial charge in [-0.25, -0.2) is 19.0 Å². The molecule has 3 aliphatic rings. The van der Waals surface area contributed by atoms with Crippen molar-refractivity contribution in [1.29, 1.82) is 0 Å². The van der Waals surface area contributed by atoms with E-state index in [1.54, 1.807) is 11.0 Å². The summed E-state index contributed by atoms with van der Waals surface area (Å²) < 4.78 is 27.6. The SMILES string of the molecule is C[C@@H]1CN2c3c4c(nc5c(F)c(Br)c(Cl)cc35)O[C@H](CN(C)C)CN4C(=C=O)[C@H]2CN1C(=O)OC(C)(C)C. The van der Waals surface area contributed by atoms with E-state index < -0.39 is 23.6 Å². The number of halogens is 3. The summed E-state index contributed by atoms with van der Waals surface area (Å²) in [4.78, 5) is 37.7. The largest absolute Gasteiger partial charge is 0.470 e. The predicted molar refractivity (Wildman–Crippen MR) is 147 cm³/mol. The maximum Gasteiger partial charge on any atom is 0.410 e. The van der Waals surface area contributed by atoms with Gasteiger partial charge in [0.15, 0.2) is 5.82 Å². The normalized spacial score (nSPS) is 22.7. The molecule has 3 atom stereocenters. The lowest BCUT2D eigenvalue weighted by Crippen LogP contribution is -2.64. The lowest BCUT2D eigenvalue weighted by Gasteiger charge is -2.53. The van der Waals surface area contributed by atoms with Crippen molar-refractivity contribution in [3.63, 3.8) is 0 Å². The number of piperazine rings is 1. The Kier molecular flexibility index (Phi) is 6.79. The third kappa shape index (κ3) is 4.49. The average Bonchev–Trinajstić information content (AvgIpc) is 2.81. The summed E-state index contributed by atoms with van der Waals surface area (Å²) >= 11 is 9.63. The van der Waals surface area contributed by atoms with Crippen LogP contribution in [0.15, 0.2) is 16.2 Å². The van der Waals surface area contributed by atoms with Crippen LogP contribution in [0.3, 0.4) is 0 Å². The average molecular weight is 611 g/mol. The molecule has 9 nitrogen and oxygen atoms in total. The molecule has 1 amide bonds. The number of carbonyl (C=O) groups is 1. The molecular weight excluding hydrogens is 581 g/mol. The van der Waals surface area contributed by atoms with Crippen LogP contribution < -0.4 is 14.5 Å². The van der Waals surface area contributed by atoms with Crippen LogP contribution in [-0.2, 0) is 9.53 Å². The molecule has 0 saturated carbocycles. The molecule has 12 heteroatoms. The highest BCUT2D eigenvalue weighted by Crippen LogP contribution is 2.52. The van der Waals surface area contributed by atoms with Gasteiger partial charge >= 0.3 is 6.09 Å². The highest BCUT2D eigenvalue weighted by atomic mass is 79.9. The van der Waals surface area contributed by atoms with Crippen LogP contribution in [0.25, 0.3) is 10.9 Å². The van der Waals surface area contributed by atoms with Crippen LogP contribution in [0.4, 0.5) is 20.6 Å². The fourth-order valence-corrected chi connectivity index (χ4v) is 5.91. The molecule has 204 valence electrons. The summed E-state index contributed by atoms with van der Waals surface area (Å²) in [5.74, 6) is 1.80. The number of fused-ring (bicyclic) bond motifs is 4. The Hall–Kier alpha value is -2.59. The maximum atomic E-state index is 15.5. The molecule has 1 aromatic heterocycles. The zero-order chi connectivity index (χ0) is 27.7. The van der Waals surface area contributed by atoms with Crippen molar-refractivity contribution in [2.24, 2.45) is 0 Å². The fraction of sp³-hybridized carbons (Fsp3) is 0.538. The number of rotatable bonds is 2. The second-order valence-corrected chi connectivity index (χ2v) is 12.4. The molecule has 2 aromatic rings. The second kappa shape index (κ2) is 9.55. The summed E-state index contributed by atoms with van der Waals surface area (Å²) in [6.45, 7) is 8.85. The number of carbonyl (C=O) groups excluding carboxylic acids is 2. The smallest absolute Gasteiger partial charge is 0.410 e. The molecule has 3 aliphatic heterocycles. The van der Waals surface area contributed by atoms with Gasteiger partial charge in [0.2, 0.25) is 5.88 Å². The van der Waals surface area contributed by atoms with Gasteiger partial charge in [-0.1, -0.05) is 11.6 Å².